The van der Waals surface area contributed by atoms with Crippen molar-refractivity contribution in [2.45, 2.75) is 12.8 Å². The Hall–Kier alpha value is -2.89. The third-order valence-electron chi connectivity index (χ3n) is 3.75. The van der Waals surface area contributed by atoms with Crippen LogP contribution in [0.5, 0.6) is 17.2 Å². The lowest BCUT2D eigenvalue weighted by atomic mass is 10.1. The van der Waals surface area contributed by atoms with E-state index in [0.29, 0.717) is 36.9 Å². The molecule has 0 aliphatic carbocycles. The van der Waals surface area contributed by atoms with E-state index in [0.717, 1.165) is 12.8 Å². The Bertz CT molecular complexity index is 655. The molecular weight excluding hydrogens is 332 g/mol. The van der Waals surface area contributed by atoms with Gasteiger partial charge in [-0.15, -0.1) is 0 Å². The SMILES string of the molecule is COc1cc(OC)cc(OCCNC(=O)NCCCc2ccccc2)c1. The van der Waals surface area contributed by atoms with Gasteiger partial charge in [0.1, 0.15) is 23.9 Å². The lowest BCUT2D eigenvalue weighted by Gasteiger charge is -2.11. The molecule has 6 nitrogen and oxygen atoms in total. The Labute approximate surface area is 154 Å². The zero-order valence-electron chi connectivity index (χ0n) is 15.3. The third kappa shape index (κ3) is 6.93. The molecule has 0 radical (unpaired) electrons. The average molecular weight is 358 g/mol. The van der Waals surface area contributed by atoms with Crippen molar-refractivity contribution < 1.29 is 19.0 Å². The van der Waals surface area contributed by atoms with Crippen LogP contribution in [0.25, 0.3) is 0 Å². The van der Waals surface area contributed by atoms with Crippen molar-refractivity contribution in [3.05, 3.63) is 54.1 Å². The van der Waals surface area contributed by atoms with Gasteiger partial charge in [-0.2, -0.15) is 0 Å². The summed E-state index contributed by atoms with van der Waals surface area (Å²) in [6.07, 6.45) is 1.85. The van der Waals surface area contributed by atoms with Gasteiger partial charge in [0, 0.05) is 24.7 Å². The van der Waals surface area contributed by atoms with Crippen LogP contribution in [0.15, 0.2) is 48.5 Å². The second kappa shape index (κ2) is 10.9. The third-order valence-corrected chi connectivity index (χ3v) is 3.75. The molecule has 0 spiro atoms. The number of aryl methyl sites for hydroxylation is 1. The highest BCUT2D eigenvalue weighted by Crippen LogP contribution is 2.27. The first kappa shape index (κ1) is 19.4. The first-order valence-corrected chi connectivity index (χ1v) is 8.63. The van der Waals surface area contributed by atoms with Crippen molar-refractivity contribution in [3.8, 4) is 17.2 Å². The molecular formula is C20H26N2O4. The van der Waals surface area contributed by atoms with E-state index >= 15 is 0 Å². The summed E-state index contributed by atoms with van der Waals surface area (Å²) in [5.74, 6) is 1.94. The van der Waals surface area contributed by atoms with Crippen molar-refractivity contribution in [1.82, 2.24) is 10.6 Å². The van der Waals surface area contributed by atoms with E-state index in [1.54, 1.807) is 32.4 Å². The smallest absolute Gasteiger partial charge is 0.314 e. The van der Waals surface area contributed by atoms with Crippen molar-refractivity contribution in [2.75, 3.05) is 33.9 Å². The predicted molar refractivity (Wildman–Crippen MR) is 101 cm³/mol. The van der Waals surface area contributed by atoms with Crippen LogP contribution < -0.4 is 24.8 Å². The minimum atomic E-state index is -0.190. The minimum absolute atomic E-state index is 0.190. The Morgan fingerprint density at radius 3 is 2.15 bits per heavy atom. The van der Waals surface area contributed by atoms with Gasteiger partial charge in [-0.25, -0.2) is 4.79 Å². The lowest BCUT2D eigenvalue weighted by molar-refractivity contribution is 0.236. The van der Waals surface area contributed by atoms with Crippen molar-refractivity contribution in [3.63, 3.8) is 0 Å². The molecule has 0 unspecified atom stereocenters. The molecule has 6 heteroatoms. The zero-order valence-corrected chi connectivity index (χ0v) is 15.3. The Morgan fingerprint density at radius 1 is 0.885 bits per heavy atom. The van der Waals surface area contributed by atoms with Crippen molar-refractivity contribution in [1.29, 1.82) is 0 Å². The summed E-state index contributed by atoms with van der Waals surface area (Å²) in [6.45, 7) is 1.40. The molecule has 0 heterocycles. The zero-order chi connectivity index (χ0) is 18.6. The average Bonchev–Trinajstić information content (AvgIpc) is 2.69. The van der Waals surface area contributed by atoms with Crippen LogP contribution in [-0.4, -0.2) is 39.9 Å². The van der Waals surface area contributed by atoms with Gasteiger partial charge < -0.3 is 24.8 Å². The molecule has 0 aromatic heterocycles. The Morgan fingerprint density at radius 2 is 1.50 bits per heavy atom. The fourth-order valence-electron chi connectivity index (χ4n) is 2.40. The number of benzene rings is 2. The Balaban J connectivity index is 1.60. The van der Waals surface area contributed by atoms with Crippen LogP contribution >= 0.6 is 0 Å². The summed E-state index contributed by atoms with van der Waals surface area (Å²) < 4.78 is 16.0. The number of carbonyl (C=O) groups is 1. The summed E-state index contributed by atoms with van der Waals surface area (Å²) in [6, 6.07) is 15.3. The van der Waals surface area contributed by atoms with Gasteiger partial charge in [0.15, 0.2) is 0 Å². The molecule has 2 aromatic rings. The van der Waals surface area contributed by atoms with Crippen LogP contribution in [0.4, 0.5) is 4.79 Å². The maximum Gasteiger partial charge on any atom is 0.314 e. The van der Waals surface area contributed by atoms with Gasteiger partial charge in [0.25, 0.3) is 0 Å². The summed E-state index contributed by atoms with van der Waals surface area (Å²) in [5, 5.41) is 5.61. The molecule has 2 amide bonds. The van der Waals surface area contributed by atoms with Gasteiger partial charge in [0.05, 0.1) is 20.8 Å². The normalized spacial score (nSPS) is 10.1. The topological polar surface area (TPSA) is 68.8 Å². The molecule has 140 valence electrons. The number of carbonyl (C=O) groups excluding carboxylic acids is 1. The van der Waals surface area contributed by atoms with Crippen LogP contribution in [0.3, 0.4) is 0 Å². The van der Waals surface area contributed by atoms with E-state index < -0.39 is 0 Å². The van der Waals surface area contributed by atoms with Crippen LogP contribution in [0.2, 0.25) is 0 Å². The summed E-state index contributed by atoms with van der Waals surface area (Å²) in [5.41, 5.74) is 1.27. The fourth-order valence-corrected chi connectivity index (χ4v) is 2.40. The summed E-state index contributed by atoms with van der Waals surface area (Å²) >= 11 is 0. The van der Waals surface area contributed by atoms with E-state index in [1.807, 2.05) is 18.2 Å². The second-order valence-corrected chi connectivity index (χ2v) is 5.67. The number of hydrogen-bond donors (Lipinski definition) is 2. The molecule has 2 N–H and O–H groups in total. The van der Waals surface area contributed by atoms with Gasteiger partial charge in [-0.1, -0.05) is 30.3 Å². The molecule has 0 aliphatic rings. The minimum Gasteiger partial charge on any atom is -0.496 e. The fraction of sp³-hybridized carbons (Fsp3) is 0.350. The molecule has 0 fully saturated rings. The molecule has 0 saturated carbocycles. The summed E-state index contributed by atoms with van der Waals surface area (Å²) in [4.78, 5) is 11.7. The Kier molecular flexibility index (Phi) is 8.12. The van der Waals surface area contributed by atoms with Crippen LogP contribution in [-0.2, 0) is 6.42 Å². The van der Waals surface area contributed by atoms with Crippen molar-refractivity contribution >= 4 is 6.03 Å². The molecule has 0 atom stereocenters. The highest BCUT2D eigenvalue weighted by atomic mass is 16.5. The van der Waals surface area contributed by atoms with Gasteiger partial charge in [0.2, 0.25) is 0 Å². The molecule has 0 aliphatic heterocycles. The molecule has 2 rings (SSSR count). The first-order valence-electron chi connectivity index (χ1n) is 8.63. The highest BCUT2D eigenvalue weighted by molar-refractivity contribution is 5.73. The number of urea groups is 1. The van der Waals surface area contributed by atoms with E-state index in [9.17, 15) is 4.79 Å². The van der Waals surface area contributed by atoms with Gasteiger partial charge >= 0.3 is 6.03 Å². The standard InChI is InChI=1S/C20H26N2O4/c1-24-17-13-18(25-2)15-19(14-17)26-12-11-22-20(23)21-10-6-9-16-7-4-3-5-8-16/h3-5,7-8,13-15H,6,9-12H2,1-2H3,(H2,21,22,23). The van der Waals surface area contributed by atoms with Crippen molar-refractivity contribution in [2.24, 2.45) is 0 Å². The number of amides is 2. The number of ether oxygens (including phenoxy) is 3. The molecule has 2 aromatic carbocycles. The van der Waals surface area contributed by atoms with Gasteiger partial charge in [-0.3, -0.25) is 0 Å². The van der Waals surface area contributed by atoms with Crippen LogP contribution in [0, 0.1) is 0 Å². The maximum absolute atomic E-state index is 11.7. The highest BCUT2D eigenvalue weighted by Gasteiger charge is 2.04. The quantitative estimate of drug-likeness (QED) is 0.641. The molecule has 0 bridgehead atoms. The monoisotopic (exact) mass is 358 g/mol. The maximum atomic E-state index is 11.7. The lowest BCUT2D eigenvalue weighted by Crippen LogP contribution is -2.38. The van der Waals surface area contributed by atoms with E-state index in [-0.39, 0.29) is 6.03 Å². The van der Waals surface area contributed by atoms with Crippen LogP contribution in [0.1, 0.15) is 12.0 Å². The summed E-state index contributed by atoms with van der Waals surface area (Å²) in [7, 11) is 3.17. The second-order valence-electron chi connectivity index (χ2n) is 5.67. The van der Waals surface area contributed by atoms with E-state index in [2.05, 4.69) is 22.8 Å². The number of methoxy groups -OCH3 is 2. The predicted octanol–water partition coefficient (Wildman–Crippen LogP) is 3.01. The first-order chi connectivity index (χ1) is 12.7. The number of hydrogen-bond acceptors (Lipinski definition) is 4. The van der Waals surface area contributed by atoms with E-state index in [4.69, 9.17) is 14.2 Å². The number of rotatable bonds is 10. The van der Waals surface area contributed by atoms with Gasteiger partial charge in [-0.05, 0) is 18.4 Å². The number of nitrogens with one attached hydrogen (secondary N) is 2. The molecule has 0 saturated heterocycles. The molecule has 26 heavy (non-hydrogen) atoms. The largest absolute Gasteiger partial charge is 0.496 e. The van der Waals surface area contributed by atoms with E-state index in [1.165, 1.54) is 5.56 Å².